The number of nitrogen functional groups attached to an aromatic ring is 1. The Bertz CT molecular complexity index is 747. The van der Waals surface area contributed by atoms with E-state index >= 15 is 0 Å². The summed E-state index contributed by atoms with van der Waals surface area (Å²) in [6.45, 7) is 0.285. The number of benzene rings is 2. The molecule has 0 saturated heterocycles. The van der Waals surface area contributed by atoms with Crippen molar-refractivity contribution in [2.75, 3.05) is 5.73 Å². The zero-order chi connectivity index (χ0) is 13.9. The van der Waals surface area contributed by atoms with Crippen molar-refractivity contribution >= 4 is 33.1 Å². The zero-order valence-electron chi connectivity index (χ0n) is 10.7. The first-order chi connectivity index (χ1) is 9.74. The van der Waals surface area contributed by atoms with E-state index in [0.717, 1.165) is 10.9 Å². The summed E-state index contributed by atoms with van der Waals surface area (Å²) in [7, 11) is 0. The maximum absolute atomic E-state index is 11.9. The smallest absolute Gasteiger partial charge is 0.338 e. The summed E-state index contributed by atoms with van der Waals surface area (Å²) < 4.78 is 6.55. The fourth-order valence-electron chi connectivity index (χ4n) is 1.99. The zero-order valence-corrected chi connectivity index (χ0v) is 11.5. The van der Waals surface area contributed by atoms with Crippen LogP contribution in [0.5, 0.6) is 0 Å². The Kier molecular flexibility index (Phi) is 3.39. The third-order valence-electron chi connectivity index (χ3n) is 3.07. The molecule has 0 saturated carbocycles. The summed E-state index contributed by atoms with van der Waals surface area (Å²) in [6, 6.07) is 14.8. The molecule has 0 bridgehead atoms. The van der Waals surface area contributed by atoms with Gasteiger partial charge in [0.1, 0.15) is 6.61 Å². The van der Waals surface area contributed by atoms with Crippen LogP contribution in [-0.4, -0.2) is 5.97 Å². The quantitative estimate of drug-likeness (QED) is 0.587. The molecule has 2 N–H and O–H groups in total. The average Bonchev–Trinajstić information content (AvgIpc) is 2.89. The first-order valence-corrected chi connectivity index (χ1v) is 7.10. The molecule has 0 aliphatic rings. The molecule has 0 aliphatic carbocycles. The standard InChI is InChI=1S/C16H13NO2S/c17-13-7-5-11(6-8-13)16(18)19-9-12-10-20-15-4-2-1-3-14(12)15/h1-8,10H,9,17H2. The number of hydrogen-bond donors (Lipinski definition) is 1. The summed E-state index contributed by atoms with van der Waals surface area (Å²) in [4.78, 5) is 11.9. The second kappa shape index (κ2) is 5.35. The number of esters is 1. The van der Waals surface area contributed by atoms with Gasteiger partial charge in [-0.2, -0.15) is 0 Å². The van der Waals surface area contributed by atoms with E-state index in [1.807, 2.05) is 23.6 Å². The topological polar surface area (TPSA) is 52.3 Å². The van der Waals surface area contributed by atoms with Crippen molar-refractivity contribution < 1.29 is 9.53 Å². The third-order valence-corrected chi connectivity index (χ3v) is 4.08. The minimum atomic E-state index is -0.333. The predicted molar refractivity (Wildman–Crippen MR) is 81.8 cm³/mol. The maximum atomic E-state index is 11.9. The number of ether oxygens (including phenoxy) is 1. The molecular formula is C16H13NO2S. The van der Waals surface area contributed by atoms with E-state index in [4.69, 9.17) is 10.5 Å². The van der Waals surface area contributed by atoms with E-state index in [1.165, 1.54) is 4.70 Å². The Hall–Kier alpha value is -2.33. The molecular weight excluding hydrogens is 270 g/mol. The summed E-state index contributed by atoms with van der Waals surface area (Å²) in [5.41, 5.74) is 7.77. The van der Waals surface area contributed by atoms with Crippen molar-refractivity contribution in [2.45, 2.75) is 6.61 Å². The normalized spacial score (nSPS) is 10.6. The molecule has 4 heteroatoms. The molecule has 1 aromatic heterocycles. The van der Waals surface area contributed by atoms with E-state index in [1.54, 1.807) is 35.6 Å². The van der Waals surface area contributed by atoms with Crippen molar-refractivity contribution in [2.24, 2.45) is 0 Å². The number of hydrogen-bond acceptors (Lipinski definition) is 4. The van der Waals surface area contributed by atoms with Crippen molar-refractivity contribution in [1.82, 2.24) is 0 Å². The lowest BCUT2D eigenvalue weighted by molar-refractivity contribution is 0.0475. The monoisotopic (exact) mass is 283 g/mol. The van der Waals surface area contributed by atoms with Crippen LogP contribution in [0.3, 0.4) is 0 Å². The molecule has 3 nitrogen and oxygen atoms in total. The van der Waals surface area contributed by atoms with Gasteiger partial charge in [0, 0.05) is 16.0 Å². The van der Waals surface area contributed by atoms with Gasteiger partial charge >= 0.3 is 5.97 Å². The Morgan fingerprint density at radius 1 is 1.10 bits per heavy atom. The molecule has 20 heavy (non-hydrogen) atoms. The second-order valence-electron chi connectivity index (χ2n) is 4.46. The number of nitrogens with two attached hydrogens (primary N) is 1. The molecule has 0 unspecified atom stereocenters. The molecule has 0 atom stereocenters. The van der Waals surface area contributed by atoms with Gasteiger partial charge in [-0.15, -0.1) is 11.3 Å². The van der Waals surface area contributed by atoms with Crippen molar-refractivity contribution in [1.29, 1.82) is 0 Å². The summed E-state index contributed by atoms with van der Waals surface area (Å²) >= 11 is 1.66. The van der Waals surface area contributed by atoms with E-state index in [2.05, 4.69) is 6.07 Å². The van der Waals surface area contributed by atoms with Crippen LogP contribution in [0.25, 0.3) is 10.1 Å². The lowest BCUT2D eigenvalue weighted by atomic mass is 10.2. The number of anilines is 1. The average molecular weight is 283 g/mol. The fourth-order valence-corrected chi connectivity index (χ4v) is 2.94. The van der Waals surface area contributed by atoms with E-state index in [0.29, 0.717) is 11.3 Å². The molecule has 0 spiro atoms. The Balaban J connectivity index is 1.73. The summed E-state index contributed by atoms with van der Waals surface area (Å²) in [5.74, 6) is -0.333. The highest BCUT2D eigenvalue weighted by Crippen LogP contribution is 2.26. The van der Waals surface area contributed by atoms with Crippen molar-refractivity contribution in [3.8, 4) is 0 Å². The number of carbonyl (C=O) groups excluding carboxylic acids is 1. The third kappa shape index (κ3) is 2.51. The Morgan fingerprint density at radius 2 is 1.85 bits per heavy atom. The van der Waals surface area contributed by atoms with Crippen LogP contribution in [0.1, 0.15) is 15.9 Å². The molecule has 1 heterocycles. The first-order valence-electron chi connectivity index (χ1n) is 6.22. The summed E-state index contributed by atoms with van der Waals surface area (Å²) in [6.07, 6.45) is 0. The molecule has 0 amide bonds. The summed E-state index contributed by atoms with van der Waals surface area (Å²) in [5, 5.41) is 3.17. The van der Waals surface area contributed by atoms with Crippen molar-refractivity contribution in [3.63, 3.8) is 0 Å². The van der Waals surface area contributed by atoms with Crippen LogP contribution in [0.15, 0.2) is 53.9 Å². The Labute approximate surface area is 120 Å². The van der Waals surface area contributed by atoms with E-state index in [9.17, 15) is 4.79 Å². The molecule has 3 rings (SSSR count). The van der Waals surface area contributed by atoms with Gasteiger partial charge in [0.25, 0.3) is 0 Å². The molecule has 0 radical (unpaired) electrons. The number of carbonyl (C=O) groups is 1. The van der Waals surface area contributed by atoms with Gasteiger partial charge in [0.2, 0.25) is 0 Å². The van der Waals surface area contributed by atoms with Gasteiger partial charge in [0.05, 0.1) is 5.56 Å². The van der Waals surface area contributed by atoms with Crippen LogP contribution in [0.4, 0.5) is 5.69 Å². The second-order valence-corrected chi connectivity index (χ2v) is 5.37. The highest BCUT2D eigenvalue weighted by atomic mass is 32.1. The lowest BCUT2D eigenvalue weighted by Gasteiger charge is -2.04. The van der Waals surface area contributed by atoms with Gasteiger partial charge in [0.15, 0.2) is 0 Å². The van der Waals surface area contributed by atoms with Crippen LogP contribution in [0, 0.1) is 0 Å². The maximum Gasteiger partial charge on any atom is 0.338 e. The number of thiophene rings is 1. The highest BCUT2D eigenvalue weighted by molar-refractivity contribution is 7.17. The van der Waals surface area contributed by atoms with Crippen LogP contribution in [0.2, 0.25) is 0 Å². The van der Waals surface area contributed by atoms with E-state index in [-0.39, 0.29) is 12.6 Å². The fraction of sp³-hybridized carbons (Fsp3) is 0.0625. The van der Waals surface area contributed by atoms with Gasteiger partial charge < -0.3 is 10.5 Å². The first kappa shape index (κ1) is 12.7. The molecule has 100 valence electrons. The van der Waals surface area contributed by atoms with Gasteiger partial charge in [-0.25, -0.2) is 4.79 Å². The van der Waals surface area contributed by atoms with Crippen LogP contribution < -0.4 is 5.73 Å². The largest absolute Gasteiger partial charge is 0.457 e. The van der Waals surface area contributed by atoms with Crippen LogP contribution in [-0.2, 0) is 11.3 Å². The number of fused-ring (bicyclic) bond motifs is 1. The van der Waals surface area contributed by atoms with Crippen molar-refractivity contribution in [3.05, 3.63) is 65.0 Å². The Morgan fingerprint density at radius 3 is 2.65 bits per heavy atom. The molecule has 0 fully saturated rings. The van der Waals surface area contributed by atoms with Gasteiger partial charge in [-0.05, 0) is 41.1 Å². The van der Waals surface area contributed by atoms with Gasteiger partial charge in [-0.3, -0.25) is 0 Å². The molecule has 3 aromatic rings. The molecule has 2 aromatic carbocycles. The predicted octanol–water partition coefficient (Wildman–Crippen LogP) is 3.84. The minimum Gasteiger partial charge on any atom is -0.457 e. The van der Waals surface area contributed by atoms with E-state index < -0.39 is 0 Å². The SMILES string of the molecule is Nc1ccc(C(=O)OCc2csc3ccccc23)cc1. The lowest BCUT2D eigenvalue weighted by Crippen LogP contribution is -2.05. The minimum absolute atomic E-state index is 0.285. The number of rotatable bonds is 3. The van der Waals surface area contributed by atoms with Gasteiger partial charge in [-0.1, -0.05) is 18.2 Å². The highest BCUT2D eigenvalue weighted by Gasteiger charge is 2.09. The van der Waals surface area contributed by atoms with Crippen LogP contribution >= 0.6 is 11.3 Å². The molecule has 0 aliphatic heterocycles.